The standard InChI is InChI=1S/C26H25FN4O3S/c1-33-11-10-28-14-16-2-6-20(30-15-16)24-13-21-25(35-24)23(8-9-29-21)34-22-7-5-18(12-19(22)27)31-26(32)17-3-4-17/h2,5-9,12-13,15,17,28H,3-4,10-11,14H2,1H3,(H,31,32). The first-order chi connectivity index (χ1) is 17.1. The lowest BCUT2D eigenvalue weighted by molar-refractivity contribution is -0.117. The molecule has 7 nitrogen and oxygen atoms in total. The molecule has 0 aliphatic heterocycles. The number of nitrogens with zero attached hydrogens (tertiary/aromatic N) is 2. The van der Waals surface area contributed by atoms with Crippen LogP contribution in [0.1, 0.15) is 18.4 Å². The molecule has 1 saturated carbocycles. The van der Waals surface area contributed by atoms with Gasteiger partial charge in [0.25, 0.3) is 0 Å². The zero-order valence-corrected chi connectivity index (χ0v) is 20.0. The van der Waals surface area contributed by atoms with E-state index in [9.17, 15) is 9.18 Å². The first-order valence-electron chi connectivity index (χ1n) is 11.4. The first kappa shape index (κ1) is 23.3. The highest BCUT2D eigenvalue weighted by atomic mass is 32.1. The van der Waals surface area contributed by atoms with Crippen molar-refractivity contribution in [3.63, 3.8) is 0 Å². The summed E-state index contributed by atoms with van der Waals surface area (Å²) in [6.45, 7) is 2.16. The van der Waals surface area contributed by atoms with Gasteiger partial charge in [-0.15, -0.1) is 11.3 Å². The van der Waals surface area contributed by atoms with Crippen molar-refractivity contribution in [2.24, 2.45) is 5.92 Å². The normalized spacial score (nSPS) is 13.2. The molecule has 0 spiro atoms. The van der Waals surface area contributed by atoms with Crippen LogP contribution < -0.4 is 15.4 Å². The number of carbonyl (C=O) groups is 1. The zero-order valence-electron chi connectivity index (χ0n) is 19.2. The van der Waals surface area contributed by atoms with Crippen LogP contribution in [-0.2, 0) is 16.1 Å². The third-order valence-electron chi connectivity index (χ3n) is 5.63. The quantitative estimate of drug-likeness (QED) is 0.289. The Balaban J connectivity index is 1.31. The molecular weight excluding hydrogens is 467 g/mol. The lowest BCUT2D eigenvalue weighted by Gasteiger charge is -2.10. The number of benzene rings is 1. The number of carbonyl (C=O) groups excluding carboxylic acids is 1. The molecule has 3 aromatic heterocycles. The number of fused-ring (bicyclic) bond motifs is 1. The highest BCUT2D eigenvalue weighted by Crippen LogP contribution is 2.39. The van der Waals surface area contributed by atoms with E-state index in [2.05, 4.69) is 20.6 Å². The Morgan fingerprint density at radius 1 is 1.14 bits per heavy atom. The minimum absolute atomic E-state index is 0.0513. The Kier molecular flexibility index (Phi) is 6.98. The van der Waals surface area contributed by atoms with Crippen molar-refractivity contribution in [1.29, 1.82) is 0 Å². The average Bonchev–Trinajstić information content (AvgIpc) is 3.63. The smallest absolute Gasteiger partial charge is 0.227 e. The molecule has 1 fully saturated rings. The molecule has 9 heteroatoms. The van der Waals surface area contributed by atoms with Crippen LogP contribution in [-0.4, -0.2) is 36.1 Å². The summed E-state index contributed by atoms with van der Waals surface area (Å²) in [6.07, 6.45) is 5.27. The molecule has 3 heterocycles. The van der Waals surface area contributed by atoms with Gasteiger partial charge in [-0.1, -0.05) is 6.07 Å². The molecule has 0 atom stereocenters. The maximum atomic E-state index is 14.7. The van der Waals surface area contributed by atoms with Gasteiger partial charge in [-0.25, -0.2) is 4.39 Å². The van der Waals surface area contributed by atoms with E-state index in [-0.39, 0.29) is 17.6 Å². The predicted molar refractivity (Wildman–Crippen MR) is 134 cm³/mol. The fraction of sp³-hybridized carbons (Fsp3) is 0.269. The number of nitrogens with one attached hydrogen (secondary N) is 2. The molecule has 5 rings (SSSR count). The van der Waals surface area contributed by atoms with Crippen LogP contribution in [0, 0.1) is 11.7 Å². The third-order valence-corrected chi connectivity index (χ3v) is 6.79. The second-order valence-electron chi connectivity index (χ2n) is 8.37. The van der Waals surface area contributed by atoms with Crippen LogP contribution >= 0.6 is 11.3 Å². The number of ether oxygens (including phenoxy) is 2. The van der Waals surface area contributed by atoms with E-state index in [4.69, 9.17) is 9.47 Å². The minimum atomic E-state index is -0.545. The minimum Gasteiger partial charge on any atom is -0.453 e. The molecule has 180 valence electrons. The number of rotatable bonds is 10. The van der Waals surface area contributed by atoms with Gasteiger partial charge in [0.05, 0.1) is 27.4 Å². The Labute approximate surface area is 206 Å². The summed E-state index contributed by atoms with van der Waals surface area (Å²) in [7, 11) is 1.68. The van der Waals surface area contributed by atoms with Crippen molar-refractivity contribution in [3.8, 4) is 22.1 Å². The molecule has 0 unspecified atom stereocenters. The van der Waals surface area contributed by atoms with Gasteiger partial charge in [-0.05, 0) is 42.7 Å². The molecule has 0 saturated heterocycles. The maximum absolute atomic E-state index is 14.7. The summed E-state index contributed by atoms with van der Waals surface area (Å²) < 4.78 is 26.5. The van der Waals surface area contributed by atoms with E-state index in [1.807, 2.05) is 24.4 Å². The molecule has 35 heavy (non-hydrogen) atoms. The fourth-order valence-corrected chi connectivity index (χ4v) is 4.62. The summed E-state index contributed by atoms with van der Waals surface area (Å²) in [4.78, 5) is 21.9. The van der Waals surface area contributed by atoms with Crippen LogP contribution in [0.3, 0.4) is 0 Å². The van der Waals surface area contributed by atoms with E-state index in [1.54, 1.807) is 25.4 Å². The molecule has 0 radical (unpaired) electrons. The summed E-state index contributed by atoms with van der Waals surface area (Å²) in [6, 6.07) is 12.1. The fourth-order valence-electron chi connectivity index (χ4n) is 3.57. The number of methoxy groups -OCH3 is 1. The Hall–Kier alpha value is -3.40. The molecule has 4 aromatic rings. The molecule has 2 N–H and O–H groups in total. The number of amides is 1. The summed E-state index contributed by atoms with van der Waals surface area (Å²) in [5.41, 5.74) is 3.10. The number of pyridine rings is 2. The Morgan fingerprint density at radius 2 is 2.03 bits per heavy atom. The van der Waals surface area contributed by atoms with Gasteiger partial charge in [0.15, 0.2) is 11.6 Å². The van der Waals surface area contributed by atoms with Crippen LogP contribution in [0.5, 0.6) is 11.5 Å². The maximum Gasteiger partial charge on any atom is 0.227 e. The van der Waals surface area contributed by atoms with Crippen molar-refractivity contribution in [1.82, 2.24) is 15.3 Å². The van der Waals surface area contributed by atoms with Crippen molar-refractivity contribution in [2.75, 3.05) is 25.6 Å². The SMILES string of the molecule is COCCNCc1ccc(-c2cc3nccc(Oc4ccc(NC(=O)C5CC5)cc4F)c3s2)nc1. The average molecular weight is 493 g/mol. The molecule has 1 aliphatic carbocycles. The van der Waals surface area contributed by atoms with E-state index >= 15 is 0 Å². The van der Waals surface area contributed by atoms with Gasteiger partial charge in [-0.2, -0.15) is 0 Å². The van der Waals surface area contributed by atoms with E-state index in [0.29, 0.717) is 18.0 Å². The van der Waals surface area contributed by atoms with Crippen molar-refractivity contribution in [3.05, 3.63) is 66.2 Å². The Morgan fingerprint density at radius 3 is 2.77 bits per heavy atom. The van der Waals surface area contributed by atoms with Crippen molar-refractivity contribution in [2.45, 2.75) is 19.4 Å². The van der Waals surface area contributed by atoms with Gasteiger partial charge in [0.1, 0.15) is 5.75 Å². The molecule has 1 aliphatic rings. The highest BCUT2D eigenvalue weighted by Gasteiger charge is 2.29. The second-order valence-corrected chi connectivity index (χ2v) is 9.42. The van der Waals surface area contributed by atoms with Crippen LogP contribution in [0.4, 0.5) is 10.1 Å². The Bertz CT molecular complexity index is 1340. The number of anilines is 1. The number of hydrogen-bond acceptors (Lipinski definition) is 7. The summed E-state index contributed by atoms with van der Waals surface area (Å²) >= 11 is 1.49. The van der Waals surface area contributed by atoms with Gasteiger partial charge >= 0.3 is 0 Å². The lowest BCUT2D eigenvalue weighted by atomic mass is 10.2. The van der Waals surface area contributed by atoms with Gasteiger partial charge in [0.2, 0.25) is 5.91 Å². The van der Waals surface area contributed by atoms with Gasteiger partial charge in [0, 0.05) is 56.3 Å². The summed E-state index contributed by atoms with van der Waals surface area (Å²) in [5.74, 6) is 0.0373. The van der Waals surface area contributed by atoms with E-state index < -0.39 is 5.82 Å². The highest BCUT2D eigenvalue weighted by molar-refractivity contribution is 7.22. The second kappa shape index (κ2) is 10.5. The van der Waals surface area contributed by atoms with Crippen molar-refractivity contribution >= 4 is 33.1 Å². The van der Waals surface area contributed by atoms with Crippen LogP contribution in [0.2, 0.25) is 0 Å². The molecule has 1 amide bonds. The molecule has 1 aromatic carbocycles. The van der Waals surface area contributed by atoms with Crippen molar-refractivity contribution < 1.29 is 18.7 Å². The van der Waals surface area contributed by atoms with Gasteiger partial charge in [-0.3, -0.25) is 14.8 Å². The van der Waals surface area contributed by atoms with E-state index in [0.717, 1.165) is 52.3 Å². The lowest BCUT2D eigenvalue weighted by Crippen LogP contribution is -2.18. The molecular formula is C26H25FN4O3S. The van der Waals surface area contributed by atoms with Gasteiger partial charge < -0.3 is 20.1 Å². The number of thiophene rings is 1. The van der Waals surface area contributed by atoms with E-state index in [1.165, 1.54) is 23.5 Å². The van der Waals surface area contributed by atoms with Crippen LogP contribution in [0.25, 0.3) is 20.8 Å². The molecule has 0 bridgehead atoms. The first-order valence-corrected chi connectivity index (χ1v) is 12.2. The van der Waals surface area contributed by atoms with Crippen LogP contribution in [0.15, 0.2) is 54.9 Å². The number of aromatic nitrogens is 2. The summed E-state index contributed by atoms with van der Waals surface area (Å²) in [5, 5.41) is 6.05. The number of hydrogen-bond donors (Lipinski definition) is 2. The third kappa shape index (κ3) is 5.64. The zero-order chi connectivity index (χ0) is 24.2. The monoisotopic (exact) mass is 492 g/mol. The predicted octanol–water partition coefficient (Wildman–Crippen LogP) is 5.37. The largest absolute Gasteiger partial charge is 0.453 e. The topological polar surface area (TPSA) is 85.4 Å². The number of halogens is 1.